The molecule has 3 nitrogen and oxygen atoms in total. The largest absolute Gasteiger partial charge is 0.464 e. The molecule has 0 aliphatic carbocycles. The van der Waals surface area contributed by atoms with E-state index in [-0.39, 0.29) is 0 Å². The van der Waals surface area contributed by atoms with Gasteiger partial charge in [-0.05, 0) is 12.1 Å². The number of benzene rings is 1. The maximum atomic E-state index is 11.0. The zero-order valence-corrected chi connectivity index (χ0v) is 8.86. The van der Waals surface area contributed by atoms with E-state index in [0.717, 1.165) is 16.6 Å². The van der Waals surface area contributed by atoms with Crippen LogP contribution in [0.1, 0.15) is 5.69 Å². The number of hydrogen-bond acceptors (Lipinski definition) is 1. The third-order valence-electron chi connectivity index (χ3n) is 2.12. The van der Waals surface area contributed by atoms with Crippen molar-refractivity contribution < 1.29 is 9.90 Å². The fourth-order valence-corrected chi connectivity index (χ4v) is 1.95. The summed E-state index contributed by atoms with van der Waals surface area (Å²) in [7, 11) is 0. The molecule has 4 heteroatoms. The highest BCUT2D eigenvalue weighted by molar-refractivity contribution is 9.08. The van der Waals surface area contributed by atoms with Gasteiger partial charge in [-0.25, -0.2) is 9.36 Å². The lowest BCUT2D eigenvalue weighted by Crippen LogP contribution is -2.10. The van der Waals surface area contributed by atoms with E-state index in [4.69, 9.17) is 5.11 Å². The summed E-state index contributed by atoms with van der Waals surface area (Å²) in [5.74, 6) is 0. The highest BCUT2D eigenvalue weighted by Gasteiger charge is 2.11. The van der Waals surface area contributed by atoms with Gasteiger partial charge in [-0.3, -0.25) is 0 Å². The van der Waals surface area contributed by atoms with Crippen molar-refractivity contribution in [3.63, 3.8) is 0 Å². The lowest BCUT2D eigenvalue weighted by atomic mass is 10.2. The van der Waals surface area contributed by atoms with Crippen molar-refractivity contribution in [2.75, 3.05) is 0 Å². The molecule has 72 valence electrons. The van der Waals surface area contributed by atoms with Crippen LogP contribution in [0.2, 0.25) is 0 Å². The number of aromatic nitrogens is 1. The number of carboxylic acid groups (broad SMARTS) is 1. The lowest BCUT2D eigenvalue weighted by Gasteiger charge is -2.00. The Morgan fingerprint density at radius 1 is 1.43 bits per heavy atom. The number of alkyl halides is 1. The number of para-hydroxylation sites is 1. The van der Waals surface area contributed by atoms with Gasteiger partial charge >= 0.3 is 6.09 Å². The first kappa shape index (κ1) is 9.27. The smallest absolute Gasteiger partial charge is 0.416 e. The highest BCUT2D eigenvalue weighted by Crippen LogP contribution is 2.21. The molecule has 0 atom stereocenters. The van der Waals surface area contributed by atoms with Crippen LogP contribution in [0.4, 0.5) is 4.79 Å². The van der Waals surface area contributed by atoms with Crippen LogP contribution in [0.15, 0.2) is 30.3 Å². The maximum absolute atomic E-state index is 11.0. The summed E-state index contributed by atoms with van der Waals surface area (Å²) in [5.41, 5.74) is 1.48. The van der Waals surface area contributed by atoms with E-state index >= 15 is 0 Å². The Bertz CT molecular complexity index is 490. The SMILES string of the molecule is O=C(O)n1c(CBr)cc2ccccc21. The van der Waals surface area contributed by atoms with Gasteiger partial charge in [0.2, 0.25) is 0 Å². The molecule has 1 heterocycles. The first-order valence-electron chi connectivity index (χ1n) is 4.12. The van der Waals surface area contributed by atoms with Gasteiger partial charge in [0, 0.05) is 16.4 Å². The Morgan fingerprint density at radius 2 is 2.14 bits per heavy atom. The summed E-state index contributed by atoms with van der Waals surface area (Å²) >= 11 is 3.27. The van der Waals surface area contributed by atoms with Crippen LogP contribution < -0.4 is 0 Å². The van der Waals surface area contributed by atoms with Crippen molar-refractivity contribution in [2.45, 2.75) is 5.33 Å². The fraction of sp³-hybridized carbons (Fsp3) is 0.100. The second kappa shape index (κ2) is 3.46. The molecule has 0 aliphatic heterocycles. The topological polar surface area (TPSA) is 42.2 Å². The molecule has 1 N–H and O–H groups in total. The van der Waals surface area contributed by atoms with Crippen LogP contribution in [0.5, 0.6) is 0 Å². The second-order valence-electron chi connectivity index (χ2n) is 2.95. The van der Waals surface area contributed by atoms with Crippen LogP contribution in [-0.2, 0) is 5.33 Å². The molecular weight excluding hydrogens is 246 g/mol. The summed E-state index contributed by atoms with van der Waals surface area (Å²) in [6.07, 6.45) is -0.944. The maximum Gasteiger partial charge on any atom is 0.416 e. The number of halogens is 1. The summed E-state index contributed by atoms with van der Waals surface area (Å²) in [6.45, 7) is 0. The predicted molar refractivity (Wildman–Crippen MR) is 58.0 cm³/mol. The van der Waals surface area contributed by atoms with E-state index in [1.807, 2.05) is 24.3 Å². The first-order valence-corrected chi connectivity index (χ1v) is 5.25. The Labute approximate surface area is 89.1 Å². The lowest BCUT2D eigenvalue weighted by molar-refractivity contribution is 0.197. The molecule has 0 spiro atoms. The summed E-state index contributed by atoms with van der Waals surface area (Å²) < 4.78 is 1.30. The van der Waals surface area contributed by atoms with Crippen LogP contribution in [0.3, 0.4) is 0 Å². The Hall–Kier alpha value is -1.29. The van der Waals surface area contributed by atoms with E-state index in [1.54, 1.807) is 6.07 Å². The quantitative estimate of drug-likeness (QED) is 0.794. The third-order valence-corrected chi connectivity index (χ3v) is 2.69. The van der Waals surface area contributed by atoms with Crippen molar-refractivity contribution in [1.29, 1.82) is 0 Å². The normalized spacial score (nSPS) is 10.6. The number of nitrogens with zero attached hydrogens (tertiary/aromatic N) is 1. The summed E-state index contributed by atoms with van der Waals surface area (Å²) in [4.78, 5) is 11.0. The van der Waals surface area contributed by atoms with Gasteiger partial charge in [-0.2, -0.15) is 0 Å². The summed E-state index contributed by atoms with van der Waals surface area (Å²) in [6, 6.07) is 9.31. The minimum absolute atomic E-state index is 0.536. The van der Waals surface area contributed by atoms with Gasteiger partial charge in [0.1, 0.15) is 0 Å². The molecule has 0 aliphatic rings. The monoisotopic (exact) mass is 253 g/mol. The number of carbonyl (C=O) groups is 1. The predicted octanol–water partition coefficient (Wildman–Crippen LogP) is 3.06. The van der Waals surface area contributed by atoms with Gasteiger partial charge in [0.15, 0.2) is 0 Å². The molecule has 0 saturated carbocycles. The molecule has 14 heavy (non-hydrogen) atoms. The fourth-order valence-electron chi connectivity index (χ4n) is 1.54. The Balaban J connectivity index is 2.81. The van der Waals surface area contributed by atoms with Crippen molar-refractivity contribution in [3.05, 3.63) is 36.0 Å². The number of fused-ring (bicyclic) bond motifs is 1. The Morgan fingerprint density at radius 3 is 2.79 bits per heavy atom. The van der Waals surface area contributed by atoms with E-state index in [1.165, 1.54) is 4.57 Å². The molecular formula is C10H8BrNO2. The van der Waals surface area contributed by atoms with Gasteiger partial charge in [0.05, 0.1) is 5.52 Å². The van der Waals surface area contributed by atoms with Crippen LogP contribution in [0.25, 0.3) is 10.9 Å². The molecule has 0 radical (unpaired) electrons. The van der Waals surface area contributed by atoms with E-state index in [9.17, 15) is 4.79 Å². The summed E-state index contributed by atoms with van der Waals surface area (Å²) in [5, 5.41) is 10.5. The van der Waals surface area contributed by atoms with E-state index in [0.29, 0.717) is 5.33 Å². The van der Waals surface area contributed by atoms with Crippen LogP contribution in [-0.4, -0.2) is 15.8 Å². The van der Waals surface area contributed by atoms with E-state index in [2.05, 4.69) is 15.9 Å². The van der Waals surface area contributed by atoms with Crippen molar-refractivity contribution in [1.82, 2.24) is 4.57 Å². The van der Waals surface area contributed by atoms with Crippen molar-refractivity contribution in [2.24, 2.45) is 0 Å². The zero-order chi connectivity index (χ0) is 10.1. The molecule has 0 saturated heterocycles. The van der Waals surface area contributed by atoms with Crippen molar-refractivity contribution in [3.8, 4) is 0 Å². The minimum Gasteiger partial charge on any atom is -0.464 e. The average molecular weight is 254 g/mol. The van der Waals surface area contributed by atoms with Gasteiger partial charge in [-0.15, -0.1) is 0 Å². The molecule has 2 rings (SSSR count). The van der Waals surface area contributed by atoms with Crippen LogP contribution in [0, 0.1) is 0 Å². The zero-order valence-electron chi connectivity index (χ0n) is 7.27. The van der Waals surface area contributed by atoms with Crippen LogP contribution >= 0.6 is 15.9 Å². The number of hydrogen-bond donors (Lipinski definition) is 1. The minimum atomic E-state index is -0.944. The molecule has 2 aromatic rings. The van der Waals surface area contributed by atoms with Gasteiger partial charge in [0.25, 0.3) is 0 Å². The second-order valence-corrected chi connectivity index (χ2v) is 3.51. The molecule has 0 bridgehead atoms. The molecule has 1 aromatic heterocycles. The van der Waals surface area contributed by atoms with E-state index < -0.39 is 6.09 Å². The highest BCUT2D eigenvalue weighted by atomic mass is 79.9. The third kappa shape index (κ3) is 1.32. The van der Waals surface area contributed by atoms with Gasteiger partial charge in [-0.1, -0.05) is 34.1 Å². The van der Waals surface area contributed by atoms with Gasteiger partial charge < -0.3 is 5.11 Å². The molecule has 0 unspecified atom stereocenters. The molecule has 1 aromatic carbocycles. The average Bonchev–Trinajstić information content (AvgIpc) is 2.55. The standard InChI is InChI=1S/C10H8BrNO2/c11-6-8-5-7-3-1-2-4-9(7)12(8)10(13)14/h1-5H,6H2,(H,13,14). The Kier molecular flexibility index (Phi) is 2.29. The molecule has 0 fully saturated rings. The van der Waals surface area contributed by atoms with Crippen molar-refractivity contribution >= 4 is 32.9 Å². The number of rotatable bonds is 1. The first-order chi connectivity index (χ1) is 6.74. The molecule has 0 amide bonds.